The number of thiocarbonyl (C=S) groups is 1. The summed E-state index contributed by atoms with van der Waals surface area (Å²) in [4.78, 5) is 18.2. The second kappa shape index (κ2) is 7.47. The first-order valence-electron chi connectivity index (χ1n) is 7.23. The maximum absolute atomic E-state index is 12.3. The van der Waals surface area contributed by atoms with Crippen molar-refractivity contribution in [1.29, 1.82) is 0 Å². The van der Waals surface area contributed by atoms with Gasteiger partial charge in [0.2, 0.25) is 5.88 Å². The van der Waals surface area contributed by atoms with Crippen LogP contribution in [0.2, 0.25) is 0 Å². The average Bonchev–Trinajstić information content (AvgIpc) is 2.99. The monoisotopic (exact) mass is 307 g/mol. The van der Waals surface area contributed by atoms with Gasteiger partial charge in [-0.2, -0.15) is 0 Å². The molecule has 1 aromatic heterocycles. The fourth-order valence-electron chi connectivity index (χ4n) is 2.25. The maximum atomic E-state index is 12.3. The van der Waals surface area contributed by atoms with Crippen molar-refractivity contribution in [3.05, 3.63) is 24.4 Å². The number of Topliss-reactive ketones (excluding diaryl/α,β-unsaturated/α-hetero) is 1. The molecule has 1 saturated heterocycles. The molecule has 0 unspecified atom stereocenters. The van der Waals surface area contributed by atoms with Crippen LogP contribution >= 0.6 is 12.2 Å². The van der Waals surface area contributed by atoms with Gasteiger partial charge in [-0.05, 0) is 51.5 Å². The number of hydrogen-bond donors (Lipinski definition) is 1. The number of ether oxygens (including phenoxy) is 1. The lowest BCUT2D eigenvalue weighted by Crippen LogP contribution is -2.46. The molecule has 0 aromatic carbocycles. The molecule has 5 nitrogen and oxygen atoms in total. The Kier molecular flexibility index (Phi) is 5.64. The highest BCUT2D eigenvalue weighted by Crippen LogP contribution is 2.11. The number of carbonyl (C=O) groups is 1. The highest BCUT2D eigenvalue weighted by Gasteiger charge is 2.26. The molecular weight excluding hydrogens is 286 g/mol. The molecule has 2 heterocycles. The van der Waals surface area contributed by atoms with Gasteiger partial charge in [0, 0.05) is 18.3 Å². The predicted octanol–water partition coefficient (Wildman–Crippen LogP) is 1.78. The molecule has 114 valence electrons. The van der Waals surface area contributed by atoms with Gasteiger partial charge in [-0.3, -0.25) is 4.79 Å². The molecule has 0 aliphatic carbocycles. The average molecular weight is 307 g/mol. The van der Waals surface area contributed by atoms with E-state index >= 15 is 0 Å². The van der Waals surface area contributed by atoms with E-state index in [4.69, 9.17) is 17.0 Å². The molecule has 1 atom stereocenters. The van der Waals surface area contributed by atoms with E-state index in [0.29, 0.717) is 5.88 Å². The third-order valence-electron chi connectivity index (χ3n) is 3.46. The Morgan fingerprint density at radius 2 is 2.38 bits per heavy atom. The topological polar surface area (TPSA) is 54.5 Å². The summed E-state index contributed by atoms with van der Waals surface area (Å²) in [5.74, 6) is 0.604. The van der Waals surface area contributed by atoms with Crippen LogP contribution in [0.1, 0.15) is 26.7 Å². The molecule has 2 rings (SSSR count). The Bertz CT molecular complexity index is 487. The van der Waals surface area contributed by atoms with Crippen molar-refractivity contribution in [2.24, 2.45) is 0 Å². The minimum Gasteiger partial charge on any atom is -0.413 e. The summed E-state index contributed by atoms with van der Waals surface area (Å²) in [5.41, 5.74) is 0. The fourth-order valence-corrected chi connectivity index (χ4v) is 2.61. The van der Waals surface area contributed by atoms with Gasteiger partial charge in [-0.1, -0.05) is 6.07 Å². The first-order chi connectivity index (χ1) is 10.1. The van der Waals surface area contributed by atoms with E-state index in [9.17, 15) is 4.79 Å². The predicted molar refractivity (Wildman–Crippen MR) is 85.3 cm³/mol. The Hall–Kier alpha value is -1.53. The second-order valence-corrected chi connectivity index (χ2v) is 5.72. The van der Waals surface area contributed by atoms with Crippen molar-refractivity contribution in [3.8, 4) is 5.88 Å². The lowest BCUT2D eigenvalue weighted by molar-refractivity contribution is -0.121. The Morgan fingerprint density at radius 3 is 2.95 bits per heavy atom. The van der Waals surface area contributed by atoms with Crippen LogP contribution in [0.5, 0.6) is 5.88 Å². The van der Waals surface area contributed by atoms with Gasteiger partial charge >= 0.3 is 0 Å². The number of nitrogens with zero attached hydrogens (tertiary/aromatic N) is 2. The van der Waals surface area contributed by atoms with Gasteiger partial charge in [-0.15, -0.1) is 0 Å². The Balaban J connectivity index is 1.97. The van der Waals surface area contributed by atoms with E-state index in [1.165, 1.54) is 0 Å². The van der Waals surface area contributed by atoms with Crippen LogP contribution in [0, 0.1) is 0 Å². The molecule has 0 spiro atoms. The summed E-state index contributed by atoms with van der Waals surface area (Å²) >= 11 is 5.32. The summed E-state index contributed by atoms with van der Waals surface area (Å²) in [5, 5.41) is 3.50. The van der Waals surface area contributed by atoms with Crippen molar-refractivity contribution >= 4 is 23.2 Å². The SMILES string of the molecule is CC(C)N(CC(=O)[C@H]1CCCN1)C(=S)Oc1ccccn1. The molecule has 1 N–H and O–H groups in total. The van der Waals surface area contributed by atoms with Crippen molar-refractivity contribution in [3.63, 3.8) is 0 Å². The minimum atomic E-state index is -0.0519. The number of hydrogen-bond acceptors (Lipinski definition) is 5. The quantitative estimate of drug-likeness (QED) is 0.837. The first kappa shape index (κ1) is 15.9. The van der Waals surface area contributed by atoms with Crippen molar-refractivity contribution < 1.29 is 9.53 Å². The van der Waals surface area contributed by atoms with E-state index in [1.54, 1.807) is 17.2 Å². The van der Waals surface area contributed by atoms with Gasteiger partial charge in [0.15, 0.2) is 5.78 Å². The molecule has 0 saturated carbocycles. The molecule has 1 aromatic rings. The zero-order valence-electron chi connectivity index (χ0n) is 12.4. The third-order valence-corrected chi connectivity index (χ3v) is 3.78. The lowest BCUT2D eigenvalue weighted by Gasteiger charge is -2.28. The van der Waals surface area contributed by atoms with E-state index in [-0.39, 0.29) is 29.6 Å². The zero-order chi connectivity index (χ0) is 15.2. The number of carbonyl (C=O) groups excluding carboxylic acids is 1. The van der Waals surface area contributed by atoms with Crippen LogP contribution in [0.15, 0.2) is 24.4 Å². The van der Waals surface area contributed by atoms with Crippen LogP contribution in [0.4, 0.5) is 0 Å². The van der Waals surface area contributed by atoms with Gasteiger partial charge in [0.05, 0.1) is 12.6 Å². The Morgan fingerprint density at radius 1 is 1.57 bits per heavy atom. The number of pyridine rings is 1. The normalized spacial score (nSPS) is 17.8. The van der Waals surface area contributed by atoms with E-state index < -0.39 is 0 Å². The summed E-state index contributed by atoms with van der Waals surface area (Å²) in [6.07, 6.45) is 3.59. The number of ketones is 1. The van der Waals surface area contributed by atoms with Crippen molar-refractivity contribution in [1.82, 2.24) is 15.2 Å². The number of nitrogens with one attached hydrogen (secondary N) is 1. The van der Waals surface area contributed by atoms with Crippen molar-refractivity contribution in [2.45, 2.75) is 38.8 Å². The highest BCUT2D eigenvalue weighted by atomic mass is 32.1. The first-order valence-corrected chi connectivity index (χ1v) is 7.64. The van der Waals surface area contributed by atoms with Gasteiger partial charge in [-0.25, -0.2) is 4.98 Å². The van der Waals surface area contributed by atoms with Gasteiger partial charge < -0.3 is 15.0 Å². The summed E-state index contributed by atoms with van der Waals surface area (Å²) in [6.45, 7) is 5.15. The molecule has 0 amide bonds. The van der Waals surface area contributed by atoms with Crippen molar-refractivity contribution in [2.75, 3.05) is 13.1 Å². The third kappa shape index (κ3) is 4.47. The van der Waals surface area contributed by atoms with E-state index in [1.807, 2.05) is 26.0 Å². The minimum absolute atomic E-state index is 0.0519. The number of rotatable bonds is 5. The summed E-state index contributed by atoms with van der Waals surface area (Å²) in [6, 6.07) is 5.42. The van der Waals surface area contributed by atoms with Gasteiger partial charge in [0.25, 0.3) is 5.17 Å². The molecule has 0 radical (unpaired) electrons. The smallest absolute Gasteiger partial charge is 0.266 e. The Labute approximate surface area is 130 Å². The molecule has 6 heteroatoms. The van der Waals surface area contributed by atoms with E-state index in [2.05, 4.69) is 10.3 Å². The fraction of sp³-hybridized carbons (Fsp3) is 0.533. The molecular formula is C15H21N3O2S. The van der Waals surface area contributed by atoms with Crippen LogP contribution in [-0.4, -0.2) is 46.0 Å². The molecule has 1 fully saturated rings. The van der Waals surface area contributed by atoms with Crippen LogP contribution < -0.4 is 10.1 Å². The van der Waals surface area contributed by atoms with Gasteiger partial charge in [0.1, 0.15) is 0 Å². The standard InChI is InChI=1S/C15H21N3O2S/c1-11(2)18(10-13(19)12-6-5-9-16-12)15(21)20-14-7-3-4-8-17-14/h3-4,7-8,11-12,16H,5-6,9-10H2,1-2H3/t12-/m1/s1. The highest BCUT2D eigenvalue weighted by molar-refractivity contribution is 7.80. The molecule has 1 aliphatic heterocycles. The molecule has 21 heavy (non-hydrogen) atoms. The summed E-state index contributed by atoms with van der Waals surface area (Å²) in [7, 11) is 0. The number of aromatic nitrogens is 1. The van der Waals surface area contributed by atoms with Crippen LogP contribution in [0.25, 0.3) is 0 Å². The zero-order valence-corrected chi connectivity index (χ0v) is 13.2. The maximum Gasteiger partial charge on any atom is 0.266 e. The van der Waals surface area contributed by atoms with Crippen LogP contribution in [-0.2, 0) is 4.79 Å². The lowest BCUT2D eigenvalue weighted by atomic mass is 10.1. The van der Waals surface area contributed by atoms with E-state index in [0.717, 1.165) is 19.4 Å². The summed E-state index contributed by atoms with van der Waals surface area (Å²) < 4.78 is 5.57. The van der Waals surface area contributed by atoms with Crippen LogP contribution in [0.3, 0.4) is 0 Å². The molecule has 1 aliphatic rings. The second-order valence-electron chi connectivity index (χ2n) is 5.37. The molecule has 0 bridgehead atoms. The largest absolute Gasteiger partial charge is 0.413 e.